The molecule has 0 aromatic heterocycles. The zero-order valence-electron chi connectivity index (χ0n) is 16.2. The molecule has 0 fully saturated rings. The monoisotopic (exact) mass is 559 g/mol. The molecule has 0 saturated heterocycles. The Balaban J connectivity index is 2.05. The number of halogens is 3. The van der Waals surface area contributed by atoms with E-state index in [1.165, 1.54) is 0 Å². The minimum absolute atomic E-state index is 0.200. The van der Waals surface area contributed by atoms with Gasteiger partial charge in [0.15, 0.2) is 23.0 Å². The van der Waals surface area contributed by atoms with Crippen LogP contribution >= 0.6 is 46.2 Å². The lowest BCUT2D eigenvalue weighted by atomic mass is 9.87. The van der Waals surface area contributed by atoms with Crippen molar-refractivity contribution in [2.45, 2.75) is 25.8 Å². The summed E-state index contributed by atoms with van der Waals surface area (Å²) in [6.07, 6.45) is 0.469. The first kappa shape index (κ1) is 22.9. The third-order valence-corrected chi connectivity index (χ3v) is 6.09. The topological polar surface area (TPSA) is 55.8 Å². The van der Waals surface area contributed by atoms with E-state index in [-0.39, 0.29) is 25.2 Å². The first-order chi connectivity index (χ1) is 14.4. The summed E-state index contributed by atoms with van der Waals surface area (Å²) in [5.41, 5.74) is 3.00. The molecular weight excluding hydrogens is 540 g/mol. The highest BCUT2D eigenvalue weighted by Crippen LogP contribution is 2.35. The second-order valence-electron chi connectivity index (χ2n) is 6.83. The molecule has 1 amide bonds. The molecule has 0 saturated carbocycles. The number of hydrogen-bond donors (Lipinski definition) is 0. The third kappa shape index (κ3) is 5.28. The van der Waals surface area contributed by atoms with Gasteiger partial charge in [-0.15, -0.1) is 0 Å². The number of ether oxygens (including phenoxy) is 1. The van der Waals surface area contributed by atoms with Gasteiger partial charge in [0.25, 0.3) is 0 Å². The molecule has 8 heteroatoms. The van der Waals surface area contributed by atoms with E-state index < -0.39 is 6.09 Å². The molecule has 0 N–H and O–H groups in total. The maximum atomic E-state index is 12.8. The lowest BCUT2D eigenvalue weighted by Gasteiger charge is -2.36. The summed E-state index contributed by atoms with van der Waals surface area (Å²) in [6, 6.07) is 14.7. The number of hydrogen-bond acceptors (Lipinski definition) is 4. The largest absolute Gasteiger partial charge is 0.463 e. The Morgan fingerprint density at radius 3 is 2.50 bits per heavy atom. The van der Waals surface area contributed by atoms with Crippen molar-refractivity contribution in [2.75, 3.05) is 13.2 Å². The molecule has 30 heavy (non-hydrogen) atoms. The number of amides is 1. The average molecular weight is 560 g/mol. The van der Waals surface area contributed by atoms with Crippen LogP contribution in [0.4, 0.5) is 4.79 Å². The normalized spacial score (nSPS) is 16.4. The molecule has 5 nitrogen and oxygen atoms in total. The molecule has 1 atom stereocenters. The number of benzene rings is 2. The van der Waals surface area contributed by atoms with Crippen molar-refractivity contribution in [3.05, 3.63) is 75.3 Å². The summed E-state index contributed by atoms with van der Waals surface area (Å²) in [5, 5.41) is 0.791. The highest BCUT2D eigenvalue weighted by Gasteiger charge is 2.35. The van der Waals surface area contributed by atoms with Gasteiger partial charge in [0.2, 0.25) is 0 Å². The number of nitrogens with zero attached hydrogens (tertiary/aromatic N) is 1. The summed E-state index contributed by atoms with van der Waals surface area (Å²) < 4.78 is 10.3. The lowest BCUT2D eigenvalue weighted by molar-refractivity contribution is -0.138. The number of esters is 1. The van der Waals surface area contributed by atoms with Gasteiger partial charge >= 0.3 is 12.1 Å². The number of carbonyl (C=O) groups is 2. The standard InChI is InChI=1S/C22H20Cl2INO4/c1-2-29-21(27)17-12-16(10-14-6-4-3-5-7-14)26(22(28)30-25)13-18(17)15-8-9-19(23)20(24)11-15/h3-9,11,16H,2,10,12-13H2,1H3. The van der Waals surface area contributed by atoms with Crippen LogP contribution < -0.4 is 0 Å². The fourth-order valence-electron chi connectivity index (χ4n) is 3.56. The van der Waals surface area contributed by atoms with Crippen LogP contribution in [0.25, 0.3) is 5.57 Å². The van der Waals surface area contributed by atoms with Gasteiger partial charge in [0.05, 0.1) is 23.2 Å². The second-order valence-corrected chi connectivity index (χ2v) is 8.08. The van der Waals surface area contributed by atoms with E-state index in [4.69, 9.17) is 31.0 Å². The minimum atomic E-state index is -0.461. The van der Waals surface area contributed by atoms with Crippen LogP contribution in [0.1, 0.15) is 24.5 Å². The van der Waals surface area contributed by atoms with Crippen LogP contribution in [-0.4, -0.2) is 36.2 Å². The van der Waals surface area contributed by atoms with Gasteiger partial charge in [0, 0.05) is 18.0 Å². The Morgan fingerprint density at radius 1 is 1.13 bits per heavy atom. The van der Waals surface area contributed by atoms with E-state index in [1.807, 2.05) is 30.3 Å². The minimum Gasteiger partial charge on any atom is -0.463 e. The Bertz CT molecular complexity index is 965. The van der Waals surface area contributed by atoms with Crippen molar-refractivity contribution < 1.29 is 17.4 Å². The molecule has 1 aliphatic rings. The van der Waals surface area contributed by atoms with Gasteiger partial charge in [0.1, 0.15) is 0 Å². The molecule has 1 unspecified atom stereocenters. The fourth-order valence-corrected chi connectivity index (χ4v) is 4.12. The summed E-state index contributed by atoms with van der Waals surface area (Å²) in [6.45, 7) is 2.23. The highest BCUT2D eigenvalue weighted by molar-refractivity contribution is 14.1. The predicted octanol–water partition coefficient (Wildman–Crippen LogP) is 6.11. The molecule has 0 spiro atoms. The van der Waals surface area contributed by atoms with Crippen LogP contribution in [0.5, 0.6) is 0 Å². The van der Waals surface area contributed by atoms with Gasteiger partial charge in [-0.05, 0) is 42.2 Å². The van der Waals surface area contributed by atoms with Gasteiger partial charge in [-0.25, -0.2) is 9.59 Å². The Hall–Kier alpha value is -1.77. The Kier molecular flexibility index (Phi) is 8.02. The van der Waals surface area contributed by atoms with Gasteiger partial charge in [-0.3, -0.25) is 4.90 Å². The van der Waals surface area contributed by atoms with Crippen molar-refractivity contribution in [1.82, 2.24) is 4.90 Å². The fraction of sp³-hybridized carbons (Fsp3) is 0.273. The van der Waals surface area contributed by atoms with Crippen LogP contribution in [0.3, 0.4) is 0 Å². The zero-order valence-corrected chi connectivity index (χ0v) is 19.9. The molecule has 1 heterocycles. The summed E-state index contributed by atoms with van der Waals surface area (Å²) in [7, 11) is 0. The van der Waals surface area contributed by atoms with E-state index >= 15 is 0 Å². The van der Waals surface area contributed by atoms with E-state index in [1.54, 1.807) is 53.0 Å². The van der Waals surface area contributed by atoms with E-state index in [0.717, 1.165) is 11.1 Å². The molecule has 3 rings (SSSR count). The highest BCUT2D eigenvalue weighted by atomic mass is 127. The molecular formula is C22H20Cl2INO4. The summed E-state index contributed by atoms with van der Waals surface area (Å²) in [5.74, 6) is -0.390. The first-order valence-electron chi connectivity index (χ1n) is 9.42. The van der Waals surface area contributed by atoms with E-state index in [9.17, 15) is 9.59 Å². The lowest BCUT2D eigenvalue weighted by Crippen LogP contribution is -2.46. The van der Waals surface area contributed by atoms with Crippen molar-refractivity contribution in [3.8, 4) is 0 Å². The van der Waals surface area contributed by atoms with Crippen LogP contribution in [0, 0.1) is 0 Å². The zero-order chi connectivity index (χ0) is 21.7. The quantitative estimate of drug-likeness (QED) is 0.327. The smallest absolute Gasteiger partial charge is 0.419 e. The van der Waals surface area contributed by atoms with Crippen LogP contribution in [0.2, 0.25) is 10.0 Å². The van der Waals surface area contributed by atoms with Gasteiger partial charge in [-0.2, -0.15) is 0 Å². The Labute approximate surface area is 199 Å². The maximum Gasteiger partial charge on any atom is 0.419 e. The molecule has 0 radical (unpaired) electrons. The van der Waals surface area contributed by atoms with Gasteiger partial charge in [-0.1, -0.05) is 59.6 Å². The van der Waals surface area contributed by atoms with Crippen molar-refractivity contribution in [2.24, 2.45) is 0 Å². The third-order valence-electron chi connectivity index (χ3n) is 4.98. The van der Waals surface area contributed by atoms with E-state index in [0.29, 0.717) is 34.0 Å². The van der Waals surface area contributed by atoms with Crippen LogP contribution in [-0.2, 0) is 19.0 Å². The van der Waals surface area contributed by atoms with Gasteiger partial charge < -0.3 is 7.80 Å². The predicted molar refractivity (Wildman–Crippen MR) is 126 cm³/mol. The molecule has 1 aliphatic heterocycles. The number of rotatable bonds is 5. The average Bonchev–Trinajstić information content (AvgIpc) is 2.75. The maximum absolute atomic E-state index is 12.8. The first-order valence-corrected chi connectivity index (χ1v) is 11.1. The van der Waals surface area contributed by atoms with Crippen molar-refractivity contribution in [3.63, 3.8) is 0 Å². The molecule has 2 aromatic rings. The number of carbonyl (C=O) groups excluding carboxylic acids is 2. The van der Waals surface area contributed by atoms with E-state index in [2.05, 4.69) is 0 Å². The van der Waals surface area contributed by atoms with Crippen molar-refractivity contribution in [1.29, 1.82) is 0 Å². The summed E-state index contributed by atoms with van der Waals surface area (Å²) >= 11 is 13.8. The van der Waals surface area contributed by atoms with Crippen LogP contribution in [0.15, 0.2) is 54.1 Å². The summed E-state index contributed by atoms with van der Waals surface area (Å²) in [4.78, 5) is 27.0. The molecule has 158 valence electrons. The second kappa shape index (κ2) is 10.5. The van der Waals surface area contributed by atoms with Crippen molar-refractivity contribution >= 4 is 63.8 Å². The molecule has 2 aromatic carbocycles. The SMILES string of the molecule is CCOC(=O)C1=C(c2ccc(Cl)c(Cl)c2)CN(C(=O)OI)C(Cc2ccccc2)C1. The molecule has 0 aliphatic carbocycles. The Morgan fingerprint density at radius 2 is 1.87 bits per heavy atom. The molecule has 0 bridgehead atoms.